The van der Waals surface area contributed by atoms with Gasteiger partial charge in [-0.05, 0) is 57.0 Å². The molecule has 4 aromatic rings. The maximum Gasteiger partial charge on any atom is 0.266 e. The molecule has 0 radical (unpaired) electrons. The maximum absolute atomic E-state index is 13.6. The van der Waals surface area contributed by atoms with Gasteiger partial charge in [-0.2, -0.15) is 0 Å². The summed E-state index contributed by atoms with van der Waals surface area (Å²) in [6.45, 7) is 4.06. The summed E-state index contributed by atoms with van der Waals surface area (Å²) < 4.78 is 14.6. The number of Topliss-reactive ketones (excluding diaryl/α,β-unsaturated/α-hetero) is 1. The quantitative estimate of drug-likeness (QED) is 0.194. The summed E-state index contributed by atoms with van der Waals surface area (Å²) >= 11 is 1.27. The molecule has 0 spiro atoms. The van der Waals surface area contributed by atoms with Crippen molar-refractivity contribution in [2.75, 3.05) is 20.0 Å². The van der Waals surface area contributed by atoms with Crippen LogP contribution < -0.4 is 15.0 Å². The summed E-state index contributed by atoms with van der Waals surface area (Å²) in [7, 11) is 3.11. The Bertz CT molecular complexity index is 1500. The molecular formula is C27H27N3O4S. The number of carbonyl (C=O) groups is 1. The lowest BCUT2D eigenvalue weighted by molar-refractivity contribution is 0.102. The van der Waals surface area contributed by atoms with Crippen LogP contribution in [0.4, 0.5) is 0 Å². The minimum atomic E-state index is -0.204. The topological polar surface area (TPSA) is 75.4 Å². The first-order valence-electron chi connectivity index (χ1n) is 11.5. The maximum atomic E-state index is 13.6. The number of thioether (sulfide) groups is 1. The molecule has 1 fully saturated rings. The number of carbonyl (C=O) groups excluding carboxylic acids is 1. The van der Waals surface area contributed by atoms with Gasteiger partial charge in [-0.3, -0.25) is 14.2 Å². The number of ether oxygens (including phenoxy) is 2. The van der Waals surface area contributed by atoms with Crippen LogP contribution >= 0.6 is 11.8 Å². The summed E-state index contributed by atoms with van der Waals surface area (Å²) in [5.41, 5.74) is 3.85. The third-order valence-corrected chi connectivity index (χ3v) is 7.34. The number of para-hydroxylation sites is 1. The lowest BCUT2D eigenvalue weighted by Crippen LogP contribution is -2.22. The highest BCUT2D eigenvalue weighted by atomic mass is 32.2. The Kier molecular flexibility index (Phi) is 6.15. The van der Waals surface area contributed by atoms with E-state index in [0.717, 1.165) is 29.8 Å². The number of hydrogen-bond acceptors (Lipinski definition) is 6. The van der Waals surface area contributed by atoms with Crippen molar-refractivity contribution >= 4 is 28.4 Å². The van der Waals surface area contributed by atoms with E-state index in [9.17, 15) is 9.59 Å². The highest BCUT2D eigenvalue weighted by molar-refractivity contribution is 7.99. The number of fused-ring (bicyclic) bond motifs is 1. The molecule has 35 heavy (non-hydrogen) atoms. The van der Waals surface area contributed by atoms with Crippen molar-refractivity contribution in [1.29, 1.82) is 0 Å². The molecule has 8 heteroatoms. The van der Waals surface area contributed by atoms with Crippen molar-refractivity contribution < 1.29 is 14.3 Å². The van der Waals surface area contributed by atoms with Crippen molar-refractivity contribution in [2.24, 2.45) is 0 Å². The molecule has 0 saturated heterocycles. The average molecular weight is 490 g/mol. The first-order valence-corrected chi connectivity index (χ1v) is 12.5. The average Bonchev–Trinajstić information content (AvgIpc) is 3.65. The molecule has 5 rings (SSSR count). The molecule has 2 aromatic carbocycles. The van der Waals surface area contributed by atoms with E-state index in [4.69, 9.17) is 14.5 Å². The van der Waals surface area contributed by atoms with Crippen LogP contribution in [0.25, 0.3) is 16.6 Å². The Morgan fingerprint density at radius 2 is 1.80 bits per heavy atom. The fourth-order valence-corrected chi connectivity index (χ4v) is 5.46. The molecule has 0 amide bonds. The minimum absolute atomic E-state index is 0.0243. The highest BCUT2D eigenvalue weighted by Gasteiger charge is 2.28. The van der Waals surface area contributed by atoms with Gasteiger partial charge in [0.15, 0.2) is 22.4 Å². The van der Waals surface area contributed by atoms with Crippen LogP contribution in [-0.4, -0.2) is 39.9 Å². The van der Waals surface area contributed by atoms with E-state index >= 15 is 0 Å². The van der Waals surface area contributed by atoms with E-state index in [1.165, 1.54) is 16.3 Å². The van der Waals surface area contributed by atoms with Crippen LogP contribution in [0.3, 0.4) is 0 Å². The predicted molar refractivity (Wildman–Crippen MR) is 138 cm³/mol. The predicted octanol–water partition coefficient (Wildman–Crippen LogP) is 5.13. The van der Waals surface area contributed by atoms with E-state index in [1.54, 1.807) is 38.5 Å². The summed E-state index contributed by atoms with van der Waals surface area (Å²) in [6, 6.07) is 15.0. The number of aromatic nitrogens is 3. The normalized spacial score (nSPS) is 13.3. The summed E-state index contributed by atoms with van der Waals surface area (Å²) in [4.78, 5) is 31.5. The van der Waals surface area contributed by atoms with Gasteiger partial charge >= 0.3 is 0 Å². The van der Waals surface area contributed by atoms with Gasteiger partial charge in [-0.25, -0.2) is 4.98 Å². The highest BCUT2D eigenvalue weighted by Crippen LogP contribution is 2.38. The zero-order chi connectivity index (χ0) is 24.7. The van der Waals surface area contributed by atoms with Crippen LogP contribution in [0.15, 0.2) is 58.5 Å². The van der Waals surface area contributed by atoms with Gasteiger partial charge in [-0.15, -0.1) is 0 Å². The molecule has 0 atom stereocenters. The van der Waals surface area contributed by atoms with E-state index in [1.807, 2.05) is 31.2 Å². The van der Waals surface area contributed by atoms with Crippen molar-refractivity contribution in [1.82, 2.24) is 14.1 Å². The molecule has 2 heterocycles. The van der Waals surface area contributed by atoms with E-state index in [2.05, 4.69) is 11.5 Å². The van der Waals surface area contributed by atoms with Gasteiger partial charge in [0.2, 0.25) is 0 Å². The van der Waals surface area contributed by atoms with Crippen LogP contribution in [0.1, 0.15) is 40.6 Å². The Labute approximate surface area is 207 Å². The lowest BCUT2D eigenvalue weighted by Gasteiger charge is -2.15. The monoisotopic (exact) mass is 489 g/mol. The van der Waals surface area contributed by atoms with E-state index < -0.39 is 0 Å². The molecule has 1 aliphatic rings. The van der Waals surface area contributed by atoms with Gasteiger partial charge in [0.05, 0.1) is 36.6 Å². The molecule has 0 unspecified atom stereocenters. The molecule has 7 nitrogen and oxygen atoms in total. The van der Waals surface area contributed by atoms with Crippen LogP contribution in [-0.2, 0) is 0 Å². The van der Waals surface area contributed by atoms with Crippen molar-refractivity contribution in [3.8, 4) is 17.2 Å². The molecule has 0 bridgehead atoms. The third-order valence-electron chi connectivity index (χ3n) is 6.40. The standard InChI is InChI=1S/C27H27N3O4S/c1-16-13-21(17(2)29(16)18-9-10-18)23(31)15-35-27-28-22-8-6-5-7-20(22)26(32)30(27)19-11-12-24(33-3)25(14-19)34-4/h5-8,11-14,18H,9-10,15H2,1-4H3. The Morgan fingerprint density at radius 1 is 1.06 bits per heavy atom. The first-order chi connectivity index (χ1) is 16.9. The second-order valence-corrected chi connectivity index (χ2v) is 9.63. The summed E-state index contributed by atoms with van der Waals surface area (Å²) in [5.74, 6) is 1.27. The van der Waals surface area contributed by atoms with Crippen molar-refractivity contribution in [2.45, 2.75) is 37.9 Å². The fourth-order valence-electron chi connectivity index (χ4n) is 4.56. The minimum Gasteiger partial charge on any atom is -0.493 e. The van der Waals surface area contributed by atoms with E-state index in [-0.39, 0.29) is 17.1 Å². The van der Waals surface area contributed by atoms with Gasteiger partial charge < -0.3 is 14.0 Å². The zero-order valence-electron chi connectivity index (χ0n) is 20.2. The number of hydrogen-bond donors (Lipinski definition) is 0. The first kappa shape index (κ1) is 23.2. The van der Waals surface area contributed by atoms with Crippen LogP contribution in [0, 0.1) is 13.8 Å². The van der Waals surface area contributed by atoms with Gasteiger partial charge in [0.1, 0.15) is 0 Å². The zero-order valence-corrected chi connectivity index (χ0v) is 21.0. The molecule has 180 valence electrons. The molecule has 0 aliphatic heterocycles. The molecular weight excluding hydrogens is 462 g/mol. The summed E-state index contributed by atoms with van der Waals surface area (Å²) in [5, 5.41) is 0.955. The Hall–Kier alpha value is -3.52. The molecule has 1 aliphatic carbocycles. The number of nitrogens with zero attached hydrogens (tertiary/aromatic N) is 3. The molecule has 1 saturated carbocycles. The second-order valence-electron chi connectivity index (χ2n) is 8.69. The van der Waals surface area contributed by atoms with Crippen molar-refractivity contribution in [3.05, 3.63) is 75.8 Å². The number of rotatable bonds is 8. The van der Waals surface area contributed by atoms with Crippen LogP contribution in [0.5, 0.6) is 11.5 Å². The molecule has 2 aromatic heterocycles. The number of ketones is 1. The second kappa shape index (κ2) is 9.26. The van der Waals surface area contributed by atoms with Gasteiger partial charge in [-0.1, -0.05) is 23.9 Å². The van der Waals surface area contributed by atoms with Crippen LogP contribution in [0.2, 0.25) is 0 Å². The third kappa shape index (κ3) is 4.23. The molecule has 0 N–H and O–H groups in total. The fraction of sp³-hybridized carbons (Fsp3) is 0.296. The SMILES string of the molecule is COc1ccc(-n2c(SCC(=O)c3cc(C)n(C4CC4)c3C)nc3ccccc3c2=O)cc1OC. The van der Waals surface area contributed by atoms with Gasteiger partial charge in [0.25, 0.3) is 5.56 Å². The largest absolute Gasteiger partial charge is 0.493 e. The Morgan fingerprint density at radius 3 is 2.51 bits per heavy atom. The van der Waals surface area contributed by atoms with Crippen molar-refractivity contribution in [3.63, 3.8) is 0 Å². The van der Waals surface area contributed by atoms with Gasteiger partial charge in [0, 0.05) is 29.1 Å². The number of benzene rings is 2. The Balaban J connectivity index is 1.54. The number of aryl methyl sites for hydroxylation is 1. The number of methoxy groups -OCH3 is 2. The lowest BCUT2D eigenvalue weighted by atomic mass is 10.2. The summed E-state index contributed by atoms with van der Waals surface area (Å²) in [6.07, 6.45) is 2.33. The van der Waals surface area contributed by atoms with E-state index in [0.29, 0.717) is 39.3 Å². The smallest absolute Gasteiger partial charge is 0.266 e.